The smallest absolute Gasteiger partial charge is 0.182 e. The fourth-order valence-corrected chi connectivity index (χ4v) is 0.0645. The Hall–Kier alpha value is -0.0851. The second-order valence-electron chi connectivity index (χ2n) is 1.15. The Morgan fingerprint density at radius 1 is 2.00 bits per heavy atom. The average molecular weight is 104 g/mol. The van der Waals surface area contributed by atoms with Gasteiger partial charge in [0.05, 0.1) is 6.61 Å². The van der Waals surface area contributed by atoms with Crippen molar-refractivity contribution in [3.63, 3.8) is 0 Å². The van der Waals surface area contributed by atoms with Gasteiger partial charge >= 0.3 is 0 Å². The molecule has 2 nitrogen and oxygen atoms in total. The maximum Gasteiger partial charge on any atom is 0.182 e. The Kier molecular flexibility index (Phi) is 2.25. The molecule has 0 aliphatic heterocycles. The molecule has 0 aromatic rings. The maximum atomic E-state index is 11.9. The molecule has 0 fully saturated rings. The summed E-state index contributed by atoms with van der Waals surface area (Å²) in [5, 5.41) is 7.97. The van der Waals surface area contributed by atoms with E-state index in [0.717, 1.165) is 7.11 Å². The highest BCUT2D eigenvalue weighted by atomic mass is 19.2. The van der Waals surface area contributed by atoms with Crippen LogP contribution in [0.3, 0.4) is 0 Å². The number of rotatable bonds is 2. The fraction of sp³-hybridized carbons (Fsp3) is 1.00. The van der Waals surface area contributed by atoms with Crippen molar-refractivity contribution in [2.24, 2.45) is 0 Å². The molecule has 0 aromatic carbocycles. The summed E-state index contributed by atoms with van der Waals surface area (Å²) in [4.78, 5) is 0. The summed E-state index contributed by atoms with van der Waals surface area (Å²) in [6.07, 6.45) is 0. The van der Waals surface area contributed by atoms with Crippen molar-refractivity contribution in [3.05, 3.63) is 0 Å². The molecule has 0 spiro atoms. The zero-order valence-electron chi connectivity index (χ0n) is 4.02. The lowest BCUT2D eigenvalue weighted by atomic mass is 9.98. The molecule has 0 saturated heterocycles. The predicted molar refractivity (Wildman–Crippen MR) is 23.7 cm³/mol. The molecule has 0 saturated carbocycles. The topological polar surface area (TPSA) is 29.5 Å². The van der Waals surface area contributed by atoms with Crippen LogP contribution in [-0.2, 0) is 4.74 Å². The Bertz CT molecular complexity index is 50.9. The van der Waals surface area contributed by atoms with Gasteiger partial charge < -0.3 is 9.84 Å². The van der Waals surface area contributed by atoms with E-state index in [1.165, 1.54) is 0 Å². The molecule has 0 bridgehead atoms. The van der Waals surface area contributed by atoms with Crippen LogP contribution in [0, 0.1) is 0 Å². The maximum absolute atomic E-state index is 11.9. The van der Waals surface area contributed by atoms with Crippen LogP contribution in [0.5, 0.6) is 0 Å². The molecule has 1 atom stereocenters. The molecule has 0 aliphatic rings. The lowest BCUT2D eigenvalue weighted by Crippen LogP contribution is -2.29. The van der Waals surface area contributed by atoms with E-state index in [9.17, 15) is 4.39 Å². The number of hydrogen-bond donors (Lipinski definition) is 1. The van der Waals surface area contributed by atoms with Crippen LogP contribution >= 0.6 is 0 Å². The lowest BCUT2D eigenvalue weighted by molar-refractivity contribution is -0.0822. The van der Waals surface area contributed by atoms with Gasteiger partial charge in [0.1, 0.15) is 0 Å². The molecule has 40 valence electrons. The molecule has 0 heterocycles. The average Bonchev–Trinajstić information content (AvgIpc) is 1.68. The van der Waals surface area contributed by atoms with Crippen LogP contribution in [0.25, 0.3) is 0 Å². The van der Waals surface area contributed by atoms with Crippen molar-refractivity contribution in [2.75, 3.05) is 13.7 Å². The summed E-state index contributed by atoms with van der Waals surface area (Å²) in [6, 6.07) is 0. The van der Waals surface area contributed by atoms with Gasteiger partial charge in [0, 0.05) is 7.11 Å². The van der Waals surface area contributed by atoms with Crippen LogP contribution in [0.15, 0.2) is 0 Å². The number of hydrogen-bond acceptors (Lipinski definition) is 2. The van der Waals surface area contributed by atoms with Crippen molar-refractivity contribution in [1.82, 2.24) is 0 Å². The van der Waals surface area contributed by atoms with Crippen LogP contribution in [-0.4, -0.2) is 32.4 Å². The summed E-state index contributed by atoms with van der Waals surface area (Å²) in [5.74, 6) is -2.36. The zero-order chi connectivity index (χ0) is 5.91. The number of ether oxygens (including phenoxy) is 1. The molecular formula is C3H6BFO2. The van der Waals surface area contributed by atoms with Crippen molar-refractivity contribution in [2.45, 2.75) is 5.75 Å². The summed E-state index contributed by atoms with van der Waals surface area (Å²) in [5.41, 5.74) is 0. The molecule has 7 heavy (non-hydrogen) atoms. The van der Waals surface area contributed by atoms with Gasteiger partial charge in [-0.1, -0.05) is 0 Å². The molecule has 1 unspecified atom stereocenters. The van der Waals surface area contributed by atoms with Crippen molar-refractivity contribution in [3.8, 4) is 0 Å². The summed E-state index contributed by atoms with van der Waals surface area (Å²) in [7, 11) is 5.66. The summed E-state index contributed by atoms with van der Waals surface area (Å²) in [6.45, 7) is -0.816. The van der Waals surface area contributed by atoms with E-state index >= 15 is 0 Å². The van der Waals surface area contributed by atoms with Crippen molar-refractivity contribution >= 4 is 7.85 Å². The van der Waals surface area contributed by atoms with Gasteiger partial charge in [-0.3, -0.25) is 0 Å². The molecule has 4 heteroatoms. The molecule has 0 aromatic heterocycles. The van der Waals surface area contributed by atoms with E-state index in [4.69, 9.17) is 5.11 Å². The fourth-order valence-electron chi connectivity index (χ4n) is 0.0645. The van der Waals surface area contributed by atoms with Crippen LogP contribution < -0.4 is 0 Å². The third kappa shape index (κ3) is 2.59. The first-order valence-electron chi connectivity index (χ1n) is 1.76. The second-order valence-corrected chi connectivity index (χ2v) is 1.15. The predicted octanol–water partition coefficient (Wildman–Crippen LogP) is -0.583. The van der Waals surface area contributed by atoms with E-state index in [-0.39, 0.29) is 0 Å². The van der Waals surface area contributed by atoms with Crippen LogP contribution in [0.1, 0.15) is 0 Å². The van der Waals surface area contributed by atoms with E-state index in [1.807, 2.05) is 0 Å². The van der Waals surface area contributed by atoms with E-state index in [2.05, 4.69) is 12.6 Å². The first-order valence-corrected chi connectivity index (χ1v) is 1.76. The SMILES string of the molecule is [B]C(F)(CO)OC. The highest BCUT2D eigenvalue weighted by Gasteiger charge is 2.18. The third-order valence-electron chi connectivity index (χ3n) is 0.555. The first-order chi connectivity index (χ1) is 3.12. The monoisotopic (exact) mass is 104 g/mol. The van der Waals surface area contributed by atoms with E-state index < -0.39 is 12.4 Å². The number of aliphatic hydroxyl groups is 1. The van der Waals surface area contributed by atoms with E-state index in [0.29, 0.717) is 0 Å². The Labute approximate surface area is 42.7 Å². The van der Waals surface area contributed by atoms with Gasteiger partial charge in [0.15, 0.2) is 13.6 Å². The van der Waals surface area contributed by atoms with E-state index in [1.54, 1.807) is 0 Å². The first kappa shape index (κ1) is 6.91. The van der Waals surface area contributed by atoms with Crippen LogP contribution in [0.4, 0.5) is 4.39 Å². The Balaban J connectivity index is 3.36. The van der Waals surface area contributed by atoms with Gasteiger partial charge in [-0.25, -0.2) is 4.39 Å². The molecule has 0 amide bonds. The molecule has 1 N–H and O–H groups in total. The molecular weight excluding hydrogens is 97.8 g/mol. The molecule has 0 rings (SSSR count). The van der Waals surface area contributed by atoms with Gasteiger partial charge in [-0.2, -0.15) is 0 Å². The summed E-state index contributed by atoms with van der Waals surface area (Å²) < 4.78 is 15.8. The molecule has 0 aliphatic carbocycles. The van der Waals surface area contributed by atoms with Gasteiger partial charge in [-0.15, -0.1) is 0 Å². The number of methoxy groups -OCH3 is 1. The van der Waals surface area contributed by atoms with Gasteiger partial charge in [0.25, 0.3) is 0 Å². The highest BCUT2D eigenvalue weighted by molar-refractivity contribution is 6.13. The van der Waals surface area contributed by atoms with Crippen molar-refractivity contribution in [1.29, 1.82) is 0 Å². The largest absolute Gasteiger partial charge is 0.391 e. The Morgan fingerprint density at radius 2 is 2.43 bits per heavy atom. The number of aliphatic hydroxyl groups excluding tert-OH is 1. The minimum Gasteiger partial charge on any atom is -0.391 e. The van der Waals surface area contributed by atoms with Crippen molar-refractivity contribution < 1.29 is 14.2 Å². The minimum atomic E-state index is -2.36. The highest BCUT2D eigenvalue weighted by Crippen LogP contribution is 2.02. The Morgan fingerprint density at radius 3 is 2.43 bits per heavy atom. The standard InChI is InChI=1S/C3H6BFO2/c1-7-3(4,5)2-6/h6H,2H2,1H3. The summed E-state index contributed by atoms with van der Waals surface area (Å²) >= 11 is 0. The minimum absolute atomic E-state index is 0.816. The van der Waals surface area contributed by atoms with Gasteiger partial charge in [-0.05, 0) is 0 Å². The van der Waals surface area contributed by atoms with Crippen LogP contribution in [0.2, 0.25) is 0 Å². The second kappa shape index (κ2) is 2.28. The zero-order valence-corrected chi connectivity index (χ0v) is 4.02. The lowest BCUT2D eigenvalue weighted by Gasteiger charge is -2.14. The number of alkyl halides is 1. The normalized spacial score (nSPS) is 18.7. The quantitative estimate of drug-likeness (QED) is 0.474. The third-order valence-corrected chi connectivity index (χ3v) is 0.555. The number of halogens is 1. The van der Waals surface area contributed by atoms with Gasteiger partial charge in [0.2, 0.25) is 0 Å². The molecule has 2 radical (unpaired) electrons.